The number of aliphatic hydroxyl groups excluding tert-OH is 1. The lowest BCUT2D eigenvalue weighted by atomic mass is 9.81. The van der Waals surface area contributed by atoms with Crippen molar-refractivity contribution in [3.63, 3.8) is 0 Å². The summed E-state index contributed by atoms with van der Waals surface area (Å²) in [6.07, 6.45) is 4.02. The Morgan fingerprint density at radius 3 is 2.61 bits per heavy atom. The Morgan fingerprint density at radius 2 is 1.94 bits per heavy atom. The van der Waals surface area contributed by atoms with Crippen molar-refractivity contribution in [2.75, 3.05) is 37.7 Å². The highest BCUT2D eigenvalue weighted by Crippen LogP contribution is 2.41. The third-order valence-corrected chi connectivity index (χ3v) is 7.52. The van der Waals surface area contributed by atoms with Crippen LogP contribution in [0.1, 0.15) is 55.2 Å². The molecule has 2 aliphatic rings. The minimum atomic E-state index is -0.00894. The van der Waals surface area contributed by atoms with Gasteiger partial charge in [0.15, 0.2) is 5.65 Å². The number of aliphatic hydroxyl groups is 1. The van der Waals surface area contributed by atoms with Crippen LogP contribution in [0.5, 0.6) is 0 Å². The van der Waals surface area contributed by atoms with Crippen LogP contribution in [0.15, 0.2) is 24.3 Å². The molecule has 0 spiro atoms. The molecule has 1 aromatic carbocycles. The van der Waals surface area contributed by atoms with Crippen molar-refractivity contribution in [2.45, 2.75) is 45.4 Å². The molecule has 4 heterocycles. The van der Waals surface area contributed by atoms with E-state index in [1.807, 2.05) is 18.2 Å². The Hall–Kier alpha value is -2.62. The molecule has 2 aliphatic heterocycles. The number of pyridine rings is 1. The van der Waals surface area contributed by atoms with Gasteiger partial charge in [0.05, 0.1) is 16.6 Å². The minimum absolute atomic E-state index is 0.00894. The Kier molecular flexibility index (Phi) is 5.11. The van der Waals surface area contributed by atoms with E-state index in [-0.39, 0.29) is 12.0 Å². The van der Waals surface area contributed by atoms with E-state index in [9.17, 15) is 10.4 Å². The molecule has 6 heteroatoms. The Balaban J connectivity index is 1.76. The van der Waals surface area contributed by atoms with Crippen molar-refractivity contribution in [1.29, 1.82) is 5.26 Å². The van der Waals surface area contributed by atoms with Gasteiger partial charge in [-0.2, -0.15) is 5.26 Å². The fourth-order valence-electron chi connectivity index (χ4n) is 5.53. The smallest absolute Gasteiger partial charge is 0.157 e. The second-order valence-corrected chi connectivity index (χ2v) is 9.59. The van der Waals surface area contributed by atoms with E-state index in [1.54, 1.807) is 0 Å². The van der Waals surface area contributed by atoms with Gasteiger partial charge >= 0.3 is 0 Å². The second kappa shape index (κ2) is 7.81. The summed E-state index contributed by atoms with van der Waals surface area (Å²) < 4.78 is 2.22. The number of rotatable bonds is 3. The second-order valence-electron chi connectivity index (χ2n) is 9.59. The lowest BCUT2D eigenvalue weighted by molar-refractivity contribution is 0.114. The Bertz CT molecular complexity index is 1160. The van der Waals surface area contributed by atoms with Crippen molar-refractivity contribution >= 4 is 22.5 Å². The molecule has 2 N–H and O–H groups in total. The molecule has 3 aromatic rings. The number of fused-ring (bicyclic) bond motifs is 3. The van der Waals surface area contributed by atoms with Gasteiger partial charge in [-0.25, -0.2) is 4.98 Å². The number of anilines is 1. The highest BCUT2D eigenvalue weighted by Gasteiger charge is 2.33. The Morgan fingerprint density at radius 1 is 1.23 bits per heavy atom. The monoisotopic (exact) mass is 417 g/mol. The van der Waals surface area contributed by atoms with Gasteiger partial charge in [0.25, 0.3) is 0 Å². The zero-order chi connectivity index (χ0) is 21.6. The van der Waals surface area contributed by atoms with E-state index in [1.165, 1.54) is 16.9 Å². The molecule has 0 amide bonds. The summed E-state index contributed by atoms with van der Waals surface area (Å²) in [7, 11) is 0. The van der Waals surface area contributed by atoms with E-state index in [0.717, 1.165) is 74.1 Å². The number of hydrogen-bond acceptors (Lipinski definition) is 5. The Labute approximate surface area is 183 Å². The third-order valence-electron chi connectivity index (χ3n) is 7.52. The zero-order valence-corrected chi connectivity index (χ0v) is 18.5. The predicted octanol–water partition coefficient (Wildman–Crippen LogP) is 3.73. The molecule has 31 heavy (non-hydrogen) atoms. The van der Waals surface area contributed by atoms with Crippen LogP contribution in [0.2, 0.25) is 0 Å². The highest BCUT2D eigenvalue weighted by atomic mass is 16.3. The lowest BCUT2D eigenvalue weighted by Gasteiger charge is -2.40. The average molecular weight is 418 g/mol. The summed E-state index contributed by atoms with van der Waals surface area (Å²) in [5.74, 6) is 1.56. The first kappa shape index (κ1) is 20.3. The number of hydrogen-bond donors (Lipinski definition) is 2. The van der Waals surface area contributed by atoms with Gasteiger partial charge in [0.2, 0.25) is 0 Å². The van der Waals surface area contributed by atoms with Crippen molar-refractivity contribution in [1.82, 2.24) is 14.7 Å². The maximum atomic E-state index is 10.2. The van der Waals surface area contributed by atoms with E-state index in [0.29, 0.717) is 5.92 Å². The van der Waals surface area contributed by atoms with Crippen LogP contribution in [0.3, 0.4) is 0 Å². The van der Waals surface area contributed by atoms with Gasteiger partial charge in [-0.05, 0) is 80.3 Å². The number of para-hydroxylation sites is 2. The summed E-state index contributed by atoms with van der Waals surface area (Å²) in [5, 5.41) is 23.5. The molecule has 0 saturated carbocycles. The molecule has 6 nitrogen and oxygen atoms in total. The fourth-order valence-corrected chi connectivity index (χ4v) is 5.53. The summed E-state index contributed by atoms with van der Waals surface area (Å²) in [6, 6.07) is 10.7. The van der Waals surface area contributed by atoms with E-state index in [4.69, 9.17) is 4.98 Å². The number of nitrogens with one attached hydrogen (secondary N) is 1. The third kappa shape index (κ3) is 3.28. The quantitative estimate of drug-likeness (QED) is 0.679. The zero-order valence-electron chi connectivity index (χ0n) is 18.5. The molecular weight excluding hydrogens is 386 g/mol. The van der Waals surface area contributed by atoms with Crippen LogP contribution in [-0.4, -0.2) is 47.3 Å². The molecule has 0 radical (unpaired) electrons. The molecule has 2 fully saturated rings. The van der Waals surface area contributed by atoms with Gasteiger partial charge in [0, 0.05) is 19.7 Å². The summed E-state index contributed by atoms with van der Waals surface area (Å²) in [5.41, 5.74) is 5.91. The summed E-state index contributed by atoms with van der Waals surface area (Å²) >= 11 is 0. The maximum absolute atomic E-state index is 10.2. The van der Waals surface area contributed by atoms with Crippen LogP contribution < -0.4 is 10.2 Å². The SMILES string of the molecule is Cc1c(C2CCNCC2)c(C#N)c2nc3ccccc3n2c1N1CCC(C)(CO)CC1. The van der Waals surface area contributed by atoms with Crippen molar-refractivity contribution < 1.29 is 5.11 Å². The van der Waals surface area contributed by atoms with Crippen LogP contribution in [0.25, 0.3) is 16.7 Å². The van der Waals surface area contributed by atoms with E-state index < -0.39 is 0 Å². The van der Waals surface area contributed by atoms with Crippen LogP contribution in [0, 0.1) is 23.7 Å². The molecule has 2 saturated heterocycles. The largest absolute Gasteiger partial charge is 0.396 e. The van der Waals surface area contributed by atoms with E-state index in [2.05, 4.69) is 40.6 Å². The first-order valence-electron chi connectivity index (χ1n) is 11.5. The van der Waals surface area contributed by atoms with Crippen LogP contribution in [-0.2, 0) is 0 Å². The normalized spacial score (nSPS) is 19.7. The summed E-state index contributed by atoms with van der Waals surface area (Å²) in [4.78, 5) is 7.40. The van der Waals surface area contributed by atoms with Crippen molar-refractivity contribution in [3.05, 3.63) is 41.0 Å². The topological polar surface area (TPSA) is 76.6 Å². The number of nitriles is 1. The number of nitrogens with zero attached hydrogens (tertiary/aromatic N) is 4. The summed E-state index contributed by atoms with van der Waals surface area (Å²) in [6.45, 7) is 8.39. The number of benzene rings is 1. The molecule has 0 aliphatic carbocycles. The van der Waals surface area contributed by atoms with Gasteiger partial charge in [-0.1, -0.05) is 19.1 Å². The van der Waals surface area contributed by atoms with Crippen molar-refractivity contribution in [3.8, 4) is 6.07 Å². The number of imidazole rings is 1. The van der Waals surface area contributed by atoms with Gasteiger partial charge < -0.3 is 15.3 Å². The highest BCUT2D eigenvalue weighted by molar-refractivity contribution is 5.86. The number of aromatic nitrogens is 2. The molecule has 0 unspecified atom stereocenters. The average Bonchev–Trinajstić information content (AvgIpc) is 3.19. The molecule has 2 aromatic heterocycles. The van der Waals surface area contributed by atoms with Crippen molar-refractivity contribution in [2.24, 2.45) is 5.41 Å². The fraction of sp³-hybridized carbons (Fsp3) is 0.520. The minimum Gasteiger partial charge on any atom is -0.396 e. The molecular formula is C25H31N5O. The van der Waals surface area contributed by atoms with E-state index >= 15 is 0 Å². The van der Waals surface area contributed by atoms with Crippen LogP contribution in [0.4, 0.5) is 5.82 Å². The standard InChI is InChI=1S/C25H31N5O/c1-17-22(18-7-11-27-12-8-18)19(15-26)23-28-20-5-3-4-6-21(20)30(23)24(17)29-13-9-25(2,16-31)10-14-29/h3-6,18,27,31H,7-14,16H2,1-2H3. The van der Waals surface area contributed by atoms with Gasteiger partial charge in [-0.15, -0.1) is 0 Å². The van der Waals surface area contributed by atoms with Gasteiger partial charge in [0.1, 0.15) is 11.9 Å². The lowest BCUT2D eigenvalue weighted by Crippen LogP contribution is -2.41. The first-order valence-corrected chi connectivity index (χ1v) is 11.5. The number of piperidine rings is 2. The molecule has 5 rings (SSSR count). The molecule has 162 valence electrons. The molecule has 0 atom stereocenters. The predicted molar refractivity (Wildman–Crippen MR) is 124 cm³/mol. The maximum Gasteiger partial charge on any atom is 0.157 e. The molecule has 0 bridgehead atoms. The van der Waals surface area contributed by atoms with Gasteiger partial charge in [-0.3, -0.25) is 4.40 Å². The first-order chi connectivity index (χ1) is 15.1. The van der Waals surface area contributed by atoms with Crippen LogP contribution >= 0.6 is 0 Å².